The molecule has 5 amide bonds. The summed E-state index contributed by atoms with van der Waals surface area (Å²) in [6.07, 6.45) is 3.09. The van der Waals surface area contributed by atoms with E-state index in [-0.39, 0.29) is 31.3 Å². The molecule has 0 radical (unpaired) electrons. The van der Waals surface area contributed by atoms with Crippen molar-refractivity contribution < 1.29 is 28.7 Å². The van der Waals surface area contributed by atoms with Gasteiger partial charge in [-0.3, -0.25) is 24.2 Å². The van der Waals surface area contributed by atoms with E-state index in [1.807, 2.05) is 65.6 Å². The Morgan fingerprint density at radius 2 is 1.62 bits per heavy atom. The largest absolute Gasteiger partial charge is 0.355 e. The number of carbonyl (C=O) groups is 4. The van der Waals surface area contributed by atoms with E-state index < -0.39 is 17.5 Å². The van der Waals surface area contributed by atoms with E-state index in [0.717, 1.165) is 48.1 Å². The molecule has 2 aromatic carbocycles. The number of hydrogen-bond donors (Lipinski definition) is 2. The van der Waals surface area contributed by atoms with Gasteiger partial charge in [0.25, 0.3) is 11.8 Å². The van der Waals surface area contributed by atoms with Crippen LogP contribution in [0.5, 0.6) is 0 Å². The molecule has 1 saturated carbocycles. The van der Waals surface area contributed by atoms with Crippen LogP contribution in [0, 0.1) is 5.92 Å². The van der Waals surface area contributed by atoms with Crippen LogP contribution in [0.2, 0.25) is 0 Å². The molecule has 3 fully saturated rings. The van der Waals surface area contributed by atoms with Crippen LogP contribution in [0.3, 0.4) is 0 Å². The van der Waals surface area contributed by atoms with E-state index in [1.165, 1.54) is 16.2 Å². The van der Waals surface area contributed by atoms with Crippen LogP contribution in [0.15, 0.2) is 60.7 Å². The summed E-state index contributed by atoms with van der Waals surface area (Å²) in [5, 5.41) is 6.89. The number of imide groups is 1. The number of carbonyl (C=O) groups excluding carboxylic acids is 4. The lowest BCUT2D eigenvalue weighted by atomic mass is 9.94. The monoisotopic (exact) mass is 675 g/mol. The van der Waals surface area contributed by atoms with Crippen LogP contribution in [0.4, 0.5) is 4.79 Å². The van der Waals surface area contributed by atoms with Gasteiger partial charge in [0.1, 0.15) is 12.3 Å². The summed E-state index contributed by atoms with van der Waals surface area (Å²) in [5.41, 5.74) is -0.178. The number of urea groups is 1. The van der Waals surface area contributed by atoms with E-state index in [9.17, 15) is 19.2 Å². The number of amides is 5. The van der Waals surface area contributed by atoms with E-state index in [2.05, 4.69) is 15.5 Å². The quantitative estimate of drug-likeness (QED) is 0.317. The number of rotatable bonds is 11. The average molecular weight is 676 g/mol. The number of hydrogen-bond acceptors (Lipinski definition) is 8. The van der Waals surface area contributed by atoms with Crippen LogP contribution < -0.4 is 10.6 Å². The van der Waals surface area contributed by atoms with Gasteiger partial charge < -0.3 is 25.0 Å². The second-order valence-electron chi connectivity index (χ2n) is 13.0. The normalized spacial score (nSPS) is 18.5. The maximum absolute atomic E-state index is 14.3. The molecule has 0 bridgehead atoms. The minimum atomic E-state index is -1.17. The lowest BCUT2D eigenvalue weighted by molar-refractivity contribution is -0.137. The van der Waals surface area contributed by atoms with Crippen molar-refractivity contribution in [2.45, 2.75) is 44.1 Å². The maximum Gasteiger partial charge on any atom is 0.324 e. The highest BCUT2D eigenvalue weighted by atomic mass is 32.1. The van der Waals surface area contributed by atoms with E-state index in [0.29, 0.717) is 63.2 Å². The van der Waals surface area contributed by atoms with Crippen LogP contribution in [0.25, 0.3) is 10.1 Å². The molecule has 2 saturated heterocycles. The first kappa shape index (κ1) is 34.0. The maximum atomic E-state index is 14.3. The van der Waals surface area contributed by atoms with Gasteiger partial charge in [-0.15, -0.1) is 11.3 Å². The fourth-order valence-corrected chi connectivity index (χ4v) is 7.86. The summed E-state index contributed by atoms with van der Waals surface area (Å²) < 4.78 is 11.8. The van der Waals surface area contributed by atoms with Gasteiger partial charge in [0, 0.05) is 62.9 Å². The highest BCUT2D eigenvalue weighted by Gasteiger charge is 2.46. The van der Waals surface area contributed by atoms with Crippen molar-refractivity contribution in [1.82, 2.24) is 25.3 Å². The summed E-state index contributed by atoms with van der Waals surface area (Å²) in [6.45, 7) is 5.74. The minimum absolute atomic E-state index is 0.0238. The Morgan fingerprint density at radius 1 is 0.917 bits per heavy atom. The van der Waals surface area contributed by atoms with Gasteiger partial charge >= 0.3 is 6.03 Å². The van der Waals surface area contributed by atoms with Gasteiger partial charge in [-0.2, -0.15) is 0 Å². The molecule has 0 unspecified atom stereocenters. The van der Waals surface area contributed by atoms with Crippen molar-refractivity contribution in [3.63, 3.8) is 0 Å². The number of nitrogens with one attached hydrogen (secondary N) is 2. The Labute approximate surface area is 285 Å². The molecule has 12 heteroatoms. The Morgan fingerprint density at radius 3 is 2.35 bits per heavy atom. The van der Waals surface area contributed by atoms with Crippen LogP contribution >= 0.6 is 11.3 Å². The Hall–Kier alpha value is -3.84. The first-order valence-corrected chi connectivity index (χ1v) is 17.8. The summed E-state index contributed by atoms with van der Waals surface area (Å²) >= 11 is 1.39. The summed E-state index contributed by atoms with van der Waals surface area (Å²) in [4.78, 5) is 60.6. The van der Waals surface area contributed by atoms with Gasteiger partial charge in [-0.25, -0.2) is 4.79 Å². The van der Waals surface area contributed by atoms with Crippen LogP contribution in [0.1, 0.15) is 47.3 Å². The smallest absolute Gasteiger partial charge is 0.324 e. The van der Waals surface area contributed by atoms with Crippen molar-refractivity contribution in [3.8, 4) is 0 Å². The van der Waals surface area contributed by atoms with Gasteiger partial charge in [0.05, 0.1) is 18.1 Å². The third-order valence-corrected chi connectivity index (χ3v) is 10.7. The molecule has 256 valence electrons. The lowest BCUT2D eigenvalue weighted by Gasteiger charge is -2.37. The number of fused-ring (bicyclic) bond motifs is 1. The van der Waals surface area contributed by atoms with E-state index >= 15 is 0 Å². The second kappa shape index (κ2) is 16.0. The summed E-state index contributed by atoms with van der Waals surface area (Å²) in [7, 11) is 0. The third kappa shape index (κ3) is 8.41. The predicted molar refractivity (Wildman–Crippen MR) is 184 cm³/mol. The van der Waals surface area contributed by atoms with Crippen LogP contribution in [-0.2, 0) is 25.5 Å². The van der Waals surface area contributed by atoms with Crippen molar-refractivity contribution >= 4 is 45.2 Å². The molecule has 0 spiro atoms. The zero-order valence-electron chi connectivity index (χ0n) is 27.4. The van der Waals surface area contributed by atoms with Gasteiger partial charge in [0.15, 0.2) is 0 Å². The molecule has 11 nitrogen and oxygen atoms in total. The average Bonchev–Trinajstić information content (AvgIpc) is 3.78. The van der Waals surface area contributed by atoms with Crippen molar-refractivity contribution in [3.05, 3.63) is 71.1 Å². The number of piperazine rings is 1. The SMILES string of the molecule is O=C(NC1(C(=O)N(CCc2ccccc2)C(=O)NCCC(=O)N2CCN(CC3COCOC3)CC2)CCCC1)c1cc2ccccc2s1. The van der Waals surface area contributed by atoms with Gasteiger partial charge in [-0.1, -0.05) is 61.4 Å². The standard InChI is InChI=1S/C36H45N5O6S/c42-32(40-20-18-39(19-21-40)23-28-24-46-26-47-25-28)12-16-37-35(45)41(17-13-27-8-2-1-3-9-27)34(44)36(14-6-7-15-36)38-33(43)31-22-29-10-4-5-11-30(29)48-31/h1-5,8-11,22,28H,6-7,12-21,23-26H2,(H,37,45)(H,38,43). The molecule has 0 atom stereocenters. The van der Waals surface area contributed by atoms with E-state index in [4.69, 9.17) is 9.47 Å². The Bertz CT molecular complexity index is 1530. The third-order valence-electron chi connectivity index (χ3n) is 9.56. The second-order valence-corrected chi connectivity index (χ2v) is 14.1. The lowest BCUT2D eigenvalue weighted by Crippen LogP contribution is -2.61. The summed E-state index contributed by atoms with van der Waals surface area (Å²) in [5.74, 6) is -0.388. The fraction of sp³-hybridized carbons (Fsp3) is 0.500. The molecule has 2 aliphatic heterocycles. The van der Waals surface area contributed by atoms with E-state index in [1.54, 1.807) is 0 Å². The number of ether oxygens (including phenoxy) is 2. The van der Waals surface area contributed by atoms with Crippen LogP contribution in [-0.4, -0.2) is 110 Å². The number of nitrogens with zero attached hydrogens (tertiary/aromatic N) is 3. The molecular weight excluding hydrogens is 630 g/mol. The molecule has 3 aromatic rings. The zero-order valence-corrected chi connectivity index (χ0v) is 28.2. The first-order valence-electron chi connectivity index (χ1n) is 17.0. The Balaban J connectivity index is 1.07. The highest BCUT2D eigenvalue weighted by molar-refractivity contribution is 7.20. The van der Waals surface area contributed by atoms with Gasteiger partial charge in [-0.05, 0) is 42.3 Å². The minimum Gasteiger partial charge on any atom is -0.355 e. The molecule has 1 aliphatic carbocycles. The first-order chi connectivity index (χ1) is 23.4. The van der Waals surface area contributed by atoms with Crippen molar-refractivity contribution in [1.29, 1.82) is 0 Å². The van der Waals surface area contributed by atoms with Crippen molar-refractivity contribution in [2.75, 3.05) is 65.8 Å². The molecular formula is C36H45N5O6S. The molecule has 6 rings (SSSR count). The number of thiophene rings is 1. The molecule has 3 aliphatic rings. The molecule has 3 heterocycles. The molecule has 2 N–H and O–H groups in total. The molecule has 1 aromatic heterocycles. The van der Waals surface area contributed by atoms with Crippen molar-refractivity contribution in [2.24, 2.45) is 5.92 Å². The zero-order chi connectivity index (χ0) is 33.3. The fourth-order valence-electron chi connectivity index (χ4n) is 6.90. The van der Waals surface area contributed by atoms with Gasteiger partial charge in [0.2, 0.25) is 5.91 Å². The topological polar surface area (TPSA) is 121 Å². The summed E-state index contributed by atoms with van der Waals surface area (Å²) in [6, 6.07) is 18.8. The Kier molecular flexibility index (Phi) is 11.4. The highest BCUT2D eigenvalue weighted by Crippen LogP contribution is 2.33. The number of benzene rings is 2. The molecule has 48 heavy (non-hydrogen) atoms. The predicted octanol–water partition coefficient (Wildman–Crippen LogP) is 3.88.